The Bertz CT molecular complexity index is 257. The van der Waals surface area contributed by atoms with Gasteiger partial charge in [0.25, 0.3) is 0 Å². The lowest BCUT2D eigenvalue weighted by atomic mass is 9.98. The van der Waals surface area contributed by atoms with Crippen molar-refractivity contribution in [2.75, 3.05) is 19.6 Å². The van der Waals surface area contributed by atoms with E-state index in [1.54, 1.807) is 0 Å². The summed E-state index contributed by atoms with van der Waals surface area (Å²) in [5, 5.41) is 12.4. The summed E-state index contributed by atoms with van der Waals surface area (Å²) in [6, 6.07) is 2.77. The second-order valence-electron chi connectivity index (χ2n) is 5.84. The van der Waals surface area contributed by atoms with Crippen molar-refractivity contribution in [2.24, 2.45) is 5.92 Å². The molecular weight excluding hydrogens is 222 g/mol. The summed E-state index contributed by atoms with van der Waals surface area (Å²) in [5.74, 6) is 0.926. The molecule has 0 spiro atoms. The normalized spacial score (nSPS) is 23.6. The van der Waals surface area contributed by atoms with Crippen LogP contribution in [0.3, 0.4) is 0 Å². The first kappa shape index (κ1) is 15.5. The highest BCUT2D eigenvalue weighted by atomic mass is 15.1. The molecule has 0 radical (unpaired) electrons. The standard InChI is InChI=1S/C15H29N3/c1-4-14-6-5-9-18(10-7-14)11-8-15(12-16)17-13(2)3/h13-15,17H,4-11H2,1-3H3. The molecule has 104 valence electrons. The van der Waals surface area contributed by atoms with Crippen molar-refractivity contribution in [1.82, 2.24) is 10.2 Å². The van der Waals surface area contributed by atoms with Crippen molar-refractivity contribution in [1.29, 1.82) is 5.26 Å². The molecule has 3 heteroatoms. The Kier molecular flexibility index (Phi) is 7.31. The van der Waals surface area contributed by atoms with E-state index in [1.165, 1.54) is 38.8 Å². The molecular formula is C15H29N3. The fraction of sp³-hybridized carbons (Fsp3) is 0.933. The predicted octanol–water partition coefficient (Wildman–Crippen LogP) is 2.78. The van der Waals surface area contributed by atoms with Crippen LogP contribution in [0.4, 0.5) is 0 Å². The lowest BCUT2D eigenvalue weighted by Crippen LogP contribution is -2.37. The van der Waals surface area contributed by atoms with Gasteiger partial charge in [0.1, 0.15) is 0 Å². The molecule has 1 aliphatic rings. The van der Waals surface area contributed by atoms with Crippen LogP contribution in [0.25, 0.3) is 0 Å². The van der Waals surface area contributed by atoms with Crippen LogP contribution in [0.2, 0.25) is 0 Å². The van der Waals surface area contributed by atoms with Gasteiger partial charge in [0.05, 0.1) is 12.1 Å². The number of rotatable bonds is 6. The van der Waals surface area contributed by atoms with Gasteiger partial charge in [-0.2, -0.15) is 5.26 Å². The summed E-state index contributed by atoms with van der Waals surface area (Å²) in [5.41, 5.74) is 0. The van der Waals surface area contributed by atoms with Crippen LogP contribution in [0.5, 0.6) is 0 Å². The van der Waals surface area contributed by atoms with Crippen LogP contribution >= 0.6 is 0 Å². The van der Waals surface area contributed by atoms with E-state index >= 15 is 0 Å². The monoisotopic (exact) mass is 251 g/mol. The van der Waals surface area contributed by atoms with Crippen LogP contribution < -0.4 is 5.32 Å². The number of nitriles is 1. The minimum Gasteiger partial charge on any atom is -0.303 e. The van der Waals surface area contributed by atoms with Crippen LogP contribution in [-0.4, -0.2) is 36.6 Å². The third-order valence-corrected chi connectivity index (χ3v) is 3.94. The van der Waals surface area contributed by atoms with E-state index in [-0.39, 0.29) is 6.04 Å². The highest BCUT2D eigenvalue weighted by Crippen LogP contribution is 2.20. The molecule has 2 unspecified atom stereocenters. The van der Waals surface area contributed by atoms with Crippen LogP contribution in [0.1, 0.15) is 52.9 Å². The molecule has 1 heterocycles. The molecule has 1 fully saturated rings. The minimum atomic E-state index is 0.00947. The Morgan fingerprint density at radius 2 is 2.11 bits per heavy atom. The average molecular weight is 251 g/mol. The van der Waals surface area contributed by atoms with Gasteiger partial charge in [0.15, 0.2) is 0 Å². The molecule has 2 atom stereocenters. The summed E-state index contributed by atoms with van der Waals surface area (Å²) in [4.78, 5) is 2.54. The first-order chi connectivity index (χ1) is 8.65. The van der Waals surface area contributed by atoms with E-state index in [2.05, 4.69) is 37.1 Å². The van der Waals surface area contributed by atoms with Crippen molar-refractivity contribution in [3.63, 3.8) is 0 Å². The third kappa shape index (κ3) is 5.84. The second kappa shape index (κ2) is 8.50. The van der Waals surface area contributed by atoms with Gasteiger partial charge in [0, 0.05) is 12.6 Å². The minimum absolute atomic E-state index is 0.00947. The molecule has 1 aliphatic heterocycles. The maximum atomic E-state index is 9.11. The Hall–Kier alpha value is -0.590. The number of nitrogens with one attached hydrogen (secondary N) is 1. The number of hydrogen-bond donors (Lipinski definition) is 1. The fourth-order valence-electron chi connectivity index (χ4n) is 2.76. The second-order valence-corrected chi connectivity index (χ2v) is 5.84. The van der Waals surface area contributed by atoms with E-state index in [0.717, 1.165) is 18.9 Å². The quantitative estimate of drug-likeness (QED) is 0.789. The van der Waals surface area contributed by atoms with E-state index in [1.807, 2.05) is 0 Å². The summed E-state index contributed by atoms with van der Waals surface area (Å²) in [6.07, 6.45) is 6.33. The third-order valence-electron chi connectivity index (χ3n) is 3.94. The predicted molar refractivity (Wildman–Crippen MR) is 76.4 cm³/mol. The lowest BCUT2D eigenvalue weighted by Gasteiger charge is -2.22. The topological polar surface area (TPSA) is 39.1 Å². The first-order valence-electron chi connectivity index (χ1n) is 7.53. The van der Waals surface area contributed by atoms with Crippen molar-refractivity contribution < 1.29 is 0 Å². The van der Waals surface area contributed by atoms with E-state index in [4.69, 9.17) is 5.26 Å². The van der Waals surface area contributed by atoms with Gasteiger partial charge in [-0.15, -0.1) is 0 Å². The largest absolute Gasteiger partial charge is 0.303 e. The molecule has 0 aromatic heterocycles. The molecule has 1 N–H and O–H groups in total. The lowest BCUT2D eigenvalue weighted by molar-refractivity contribution is 0.267. The van der Waals surface area contributed by atoms with Gasteiger partial charge in [-0.1, -0.05) is 13.3 Å². The zero-order chi connectivity index (χ0) is 13.4. The highest BCUT2D eigenvalue weighted by Gasteiger charge is 2.17. The van der Waals surface area contributed by atoms with Gasteiger partial charge in [-0.25, -0.2) is 0 Å². The SMILES string of the molecule is CCC1CCCN(CCC(C#N)NC(C)C)CC1. The van der Waals surface area contributed by atoms with Crippen molar-refractivity contribution in [2.45, 2.75) is 65.0 Å². The number of nitrogens with zero attached hydrogens (tertiary/aromatic N) is 2. The fourth-order valence-corrected chi connectivity index (χ4v) is 2.76. The molecule has 18 heavy (non-hydrogen) atoms. The van der Waals surface area contributed by atoms with Gasteiger partial charge >= 0.3 is 0 Å². The summed E-state index contributed by atoms with van der Waals surface area (Å²) in [7, 11) is 0. The van der Waals surface area contributed by atoms with Crippen LogP contribution in [-0.2, 0) is 0 Å². The zero-order valence-electron chi connectivity index (χ0n) is 12.3. The average Bonchev–Trinajstić information content (AvgIpc) is 2.59. The van der Waals surface area contributed by atoms with Gasteiger partial charge in [0.2, 0.25) is 0 Å². The Labute approximate surface area is 113 Å². The summed E-state index contributed by atoms with van der Waals surface area (Å²) < 4.78 is 0. The maximum absolute atomic E-state index is 9.11. The molecule has 0 amide bonds. The molecule has 0 aromatic carbocycles. The summed E-state index contributed by atoms with van der Waals surface area (Å²) >= 11 is 0. The van der Waals surface area contributed by atoms with Crippen molar-refractivity contribution >= 4 is 0 Å². The molecule has 1 saturated heterocycles. The van der Waals surface area contributed by atoms with Crippen LogP contribution in [0, 0.1) is 17.2 Å². The van der Waals surface area contributed by atoms with E-state index in [0.29, 0.717) is 6.04 Å². The molecule has 0 saturated carbocycles. The molecule has 0 aromatic rings. The maximum Gasteiger partial charge on any atom is 0.0967 e. The number of hydrogen-bond acceptors (Lipinski definition) is 3. The zero-order valence-corrected chi connectivity index (χ0v) is 12.3. The number of likely N-dealkylation sites (tertiary alicyclic amines) is 1. The smallest absolute Gasteiger partial charge is 0.0967 e. The Morgan fingerprint density at radius 3 is 2.72 bits per heavy atom. The van der Waals surface area contributed by atoms with E-state index < -0.39 is 0 Å². The summed E-state index contributed by atoms with van der Waals surface area (Å²) in [6.45, 7) is 10.0. The first-order valence-corrected chi connectivity index (χ1v) is 7.53. The van der Waals surface area contributed by atoms with E-state index in [9.17, 15) is 0 Å². The molecule has 3 nitrogen and oxygen atoms in total. The van der Waals surface area contributed by atoms with Crippen LogP contribution in [0.15, 0.2) is 0 Å². The highest BCUT2D eigenvalue weighted by molar-refractivity contribution is 4.91. The van der Waals surface area contributed by atoms with Crippen molar-refractivity contribution in [3.8, 4) is 6.07 Å². The van der Waals surface area contributed by atoms with Gasteiger partial charge in [-0.3, -0.25) is 5.32 Å². The Morgan fingerprint density at radius 1 is 1.33 bits per heavy atom. The molecule has 0 bridgehead atoms. The van der Waals surface area contributed by atoms with Crippen molar-refractivity contribution in [3.05, 3.63) is 0 Å². The van der Waals surface area contributed by atoms with Gasteiger partial charge < -0.3 is 4.90 Å². The van der Waals surface area contributed by atoms with Gasteiger partial charge in [-0.05, 0) is 58.5 Å². The molecule has 1 rings (SSSR count). The molecule has 0 aliphatic carbocycles. The Balaban J connectivity index is 2.27.